The average molecular weight is 236 g/mol. The maximum Gasteiger partial charge on any atom is 0.102 e. The summed E-state index contributed by atoms with van der Waals surface area (Å²) in [6.45, 7) is 0.920. The van der Waals surface area contributed by atoms with Crippen LogP contribution in [0.3, 0.4) is 0 Å². The molecule has 1 aliphatic heterocycles. The summed E-state index contributed by atoms with van der Waals surface area (Å²) in [6, 6.07) is 19.2. The van der Waals surface area contributed by atoms with Gasteiger partial charge in [-0.3, -0.25) is 4.99 Å². The zero-order chi connectivity index (χ0) is 12.4. The van der Waals surface area contributed by atoms with Gasteiger partial charge in [-0.2, -0.15) is 0 Å². The Morgan fingerprint density at radius 3 is 2.56 bits per heavy atom. The number of nitrogens with zero attached hydrogens (tertiary/aromatic N) is 2. The van der Waals surface area contributed by atoms with Gasteiger partial charge in [0.05, 0.1) is 6.34 Å². The lowest BCUT2D eigenvalue weighted by atomic mass is 9.95. The van der Waals surface area contributed by atoms with Crippen LogP contribution < -0.4 is 0 Å². The van der Waals surface area contributed by atoms with Gasteiger partial charge in [0.1, 0.15) is 6.04 Å². The molecule has 1 atom stereocenters. The normalized spacial score (nSPS) is 18.3. The highest BCUT2D eigenvalue weighted by molar-refractivity contribution is 5.58. The average Bonchev–Trinajstić information content (AvgIpc) is 2.58. The molecule has 0 amide bonds. The Bertz CT molecular complexity index is 560. The quantitative estimate of drug-likeness (QED) is 0.742. The second-order valence-electron chi connectivity index (χ2n) is 4.69. The second-order valence-corrected chi connectivity index (χ2v) is 4.69. The molecule has 0 bridgehead atoms. The highest BCUT2D eigenvalue weighted by Crippen LogP contribution is 2.30. The highest BCUT2D eigenvalue weighted by Gasteiger charge is 2.18. The molecule has 0 unspecified atom stereocenters. The highest BCUT2D eigenvalue weighted by atomic mass is 15.1. The maximum atomic E-state index is 4.72. The molecule has 18 heavy (non-hydrogen) atoms. The lowest BCUT2D eigenvalue weighted by Crippen LogP contribution is -2.14. The summed E-state index contributed by atoms with van der Waals surface area (Å²) in [6.07, 6.45) is 1.94. The van der Waals surface area contributed by atoms with Gasteiger partial charge in [-0.1, -0.05) is 54.6 Å². The molecule has 0 spiro atoms. The van der Waals surface area contributed by atoms with Crippen molar-refractivity contribution in [1.82, 2.24) is 4.90 Å². The number of hydrogen-bond donors (Lipinski definition) is 0. The molecule has 0 aromatic heterocycles. The first-order valence-corrected chi connectivity index (χ1v) is 6.21. The smallest absolute Gasteiger partial charge is 0.102 e. The van der Waals surface area contributed by atoms with Crippen molar-refractivity contribution < 1.29 is 0 Å². The van der Waals surface area contributed by atoms with Crippen LogP contribution in [0.15, 0.2) is 59.6 Å². The Morgan fingerprint density at radius 1 is 1.00 bits per heavy atom. The third-order valence-corrected chi connectivity index (χ3v) is 3.30. The predicted molar refractivity (Wildman–Crippen MR) is 74.7 cm³/mol. The first-order valence-electron chi connectivity index (χ1n) is 6.21. The Morgan fingerprint density at radius 2 is 1.72 bits per heavy atom. The van der Waals surface area contributed by atoms with Gasteiger partial charge >= 0.3 is 0 Å². The van der Waals surface area contributed by atoms with Crippen molar-refractivity contribution >= 4 is 6.34 Å². The van der Waals surface area contributed by atoms with E-state index in [0.29, 0.717) is 0 Å². The minimum absolute atomic E-state index is 0.118. The molecule has 0 fully saturated rings. The van der Waals surface area contributed by atoms with Crippen molar-refractivity contribution in [3.63, 3.8) is 0 Å². The van der Waals surface area contributed by atoms with Crippen LogP contribution in [0.5, 0.6) is 0 Å². The van der Waals surface area contributed by atoms with E-state index in [9.17, 15) is 0 Å². The molecule has 90 valence electrons. The molecule has 2 aromatic carbocycles. The van der Waals surface area contributed by atoms with Gasteiger partial charge in [0, 0.05) is 13.6 Å². The molecule has 1 aliphatic rings. The van der Waals surface area contributed by atoms with E-state index in [1.165, 1.54) is 16.7 Å². The van der Waals surface area contributed by atoms with Crippen LogP contribution in [0.4, 0.5) is 0 Å². The maximum absolute atomic E-state index is 4.72. The van der Waals surface area contributed by atoms with Crippen molar-refractivity contribution in [3.8, 4) is 0 Å². The minimum Gasteiger partial charge on any atom is -0.362 e. The van der Waals surface area contributed by atoms with Gasteiger partial charge in [-0.15, -0.1) is 0 Å². The topological polar surface area (TPSA) is 15.6 Å². The Balaban J connectivity index is 2.11. The first-order chi connectivity index (χ1) is 8.84. The third kappa shape index (κ3) is 2.02. The molecule has 2 nitrogen and oxygen atoms in total. The summed E-state index contributed by atoms with van der Waals surface area (Å²) in [5.41, 5.74) is 3.91. The monoisotopic (exact) mass is 236 g/mol. The molecule has 0 saturated heterocycles. The van der Waals surface area contributed by atoms with E-state index in [1.807, 2.05) is 12.4 Å². The van der Waals surface area contributed by atoms with Crippen molar-refractivity contribution in [2.24, 2.45) is 4.99 Å². The van der Waals surface area contributed by atoms with Crippen molar-refractivity contribution in [2.75, 3.05) is 7.05 Å². The van der Waals surface area contributed by atoms with Gasteiger partial charge < -0.3 is 4.90 Å². The fraction of sp³-hybridized carbons (Fsp3) is 0.188. The minimum atomic E-state index is 0.118. The summed E-state index contributed by atoms with van der Waals surface area (Å²) < 4.78 is 0. The molecule has 0 N–H and O–H groups in total. The van der Waals surface area contributed by atoms with Crippen LogP contribution in [0, 0.1) is 0 Å². The summed E-state index contributed by atoms with van der Waals surface area (Å²) in [4.78, 5) is 6.84. The second kappa shape index (κ2) is 4.65. The van der Waals surface area contributed by atoms with E-state index in [4.69, 9.17) is 4.99 Å². The molecule has 3 rings (SSSR count). The number of rotatable bonds is 1. The van der Waals surface area contributed by atoms with Gasteiger partial charge in [-0.25, -0.2) is 0 Å². The molecule has 0 saturated carbocycles. The molecule has 2 aromatic rings. The lowest BCUT2D eigenvalue weighted by molar-refractivity contribution is 0.518. The lowest BCUT2D eigenvalue weighted by Gasteiger charge is -2.15. The standard InChI is InChI=1S/C16H16N2/c1-18-11-14-9-5-6-10-15(14)16(17-12-18)13-7-3-2-4-8-13/h2-10,12,16H,11H2,1H3/t16-/m1/s1. The summed E-state index contributed by atoms with van der Waals surface area (Å²) >= 11 is 0. The number of fused-ring (bicyclic) bond motifs is 1. The molecule has 0 radical (unpaired) electrons. The van der Waals surface area contributed by atoms with Crippen molar-refractivity contribution in [3.05, 3.63) is 71.3 Å². The fourth-order valence-corrected chi connectivity index (χ4v) is 2.42. The Labute approximate surface area is 108 Å². The van der Waals surface area contributed by atoms with Crippen molar-refractivity contribution in [1.29, 1.82) is 0 Å². The van der Waals surface area contributed by atoms with Crippen molar-refractivity contribution in [2.45, 2.75) is 12.6 Å². The molecular weight excluding hydrogens is 220 g/mol. The largest absolute Gasteiger partial charge is 0.362 e. The van der Waals surface area contributed by atoms with Crippen LogP contribution in [-0.4, -0.2) is 18.3 Å². The SMILES string of the molecule is CN1C=N[C@H](c2ccccc2)c2ccccc2C1. The van der Waals surface area contributed by atoms with E-state index >= 15 is 0 Å². The summed E-state index contributed by atoms with van der Waals surface area (Å²) in [7, 11) is 2.06. The molecule has 1 heterocycles. The van der Waals surface area contributed by atoms with E-state index in [1.54, 1.807) is 0 Å². The van der Waals surface area contributed by atoms with E-state index in [0.717, 1.165) is 6.54 Å². The van der Waals surface area contributed by atoms with E-state index < -0.39 is 0 Å². The fourth-order valence-electron chi connectivity index (χ4n) is 2.42. The zero-order valence-electron chi connectivity index (χ0n) is 10.5. The molecule has 0 aliphatic carbocycles. The Hall–Kier alpha value is -2.09. The van der Waals surface area contributed by atoms with E-state index in [-0.39, 0.29) is 6.04 Å². The first kappa shape index (κ1) is 11.0. The van der Waals surface area contributed by atoms with Crippen LogP contribution >= 0.6 is 0 Å². The number of aliphatic imine (C=N–C) groups is 1. The summed E-state index contributed by atoms with van der Waals surface area (Å²) in [5.74, 6) is 0. The molecule has 2 heteroatoms. The predicted octanol–water partition coefficient (Wildman–Crippen LogP) is 3.25. The van der Waals surface area contributed by atoms with Gasteiger partial charge in [0.25, 0.3) is 0 Å². The zero-order valence-corrected chi connectivity index (χ0v) is 10.5. The Kier molecular flexibility index (Phi) is 2.85. The molecular formula is C16H16N2. The van der Waals surface area contributed by atoms with Crippen LogP contribution in [-0.2, 0) is 6.54 Å². The van der Waals surface area contributed by atoms with Gasteiger partial charge in [0.2, 0.25) is 0 Å². The van der Waals surface area contributed by atoms with Gasteiger partial charge in [-0.05, 0) is 16.7 Å². The summed E-state index contributed by atoms with van der Waals surface area (Å²) in [5, 5.41) is 0. The number of benzene rings is 2. The third-order valence-electron chi connectivity index (χ3n) is 3.30. The van der Waals surface area contributed by atoms with Gasteiger partial charge in [0.15, 0.2) is 0 Å². The van der Waals surface area contributed by atoms with Crippen LogP contribution in [0.1, 0.15) is 22.7 Å². The number of hydrogen-bond acceptors (Lipinski definition) is 2. The van der Waals surface area contributed by atoms with Crippen LogP contribution in [0.2, 0.25) is 0 Å². The van der Waals surface area contributed by atoms with E-state index in [2.05, 4.69) is 60.5 Å². The van der Waals surface area contributed by atoms with Crippen LogP contribution in [0.25, 0.3) is 0 Å².